The van der Waals surface area contributed by atoms with E-state index < -0.39 is 18.0 Å². The molecule has 0 spiro atoms. The van der Waals surface area contributed by atoms with Crippen LogP contribution in [0.3, 0.4) is 0 Å². The number of benzene rings is 3. The van der Waals surface area contributed by atoms with Crippen molar-refractivity contribution in [2.24, 2.45) is 0 Å². The van der Waals surface area contributed by atoms with Crippen LogP contribution in [-0.4, -0.2) is 17.9 Å². The summed E-state index contributed by atoms with van der Waals surface area (Å²) in [6, 6.07) is 24.0. The monoisotopic (exact) mass is 388 g/mol. The largest absolute Gasteiger partial charge is 0.489 e. The van der Waals surface area contributed by atoms with E-state index in [0.29, 0.717) is 24.7 Å². The van der Waals surface area contributed by atoms with E-state index in [0.717, 1.165) is 11.1 Å². The van der Waals surface area contributed by atoms with Crippen LogP contribution in [0.4, 0.5) is 0 Å². The normalized spacial score (nSPS) is 10.2. The number of ether oxygens (including phenoxy) is 2. The third-order valence-electron chi connectivity index (χ3n) is 4.16. The first-order chi connectivity index (χ1) is 14.1. The molecule has 0 aliphatic carbocycles. The van der Waals surface area contributed by atoms with Gasteiger partial charge in [-0.2, -0.15) is 0 Å². The minimum Gasteiger partial charge on any atom is -0.489 e. The van der Waals surface area contributed by atoms with Gasteiger partial charge in [0, 0.05) is 11.6 Å². The molecule has 0 heterocycles. The number of hydrogen-bond acceptors (Lipinski definition) is 5. The molecule has 3 aromatic rings. The van der Waals surface area contributed by atoms with E-state index in [1.165, 1.54) is 0 Å². The van der Waals surface area contributed by atoms with Crippen molar-refractivity contribution < 1.29 is 23.9 Å². The summed E-state index contributed by atoms with van der Waals surface area (Å²) in [4.78, 5) is 34.3. The molecule has 0 saturated heterocycles. The molecule has 5 nitrogen and oxygen atoms in total. The van der Waals surface area contributed by atoms with Crippen LogP contribution in [-0.2, 0) is 22.8 Å². The first-order valence-electron chi connectivity index (χ1n) is 9.14. The van der Waals surface area contributed by atoms with Gasteiger partial charge in [-0.05, 0) is 23.3 Å². The second-order valence-corrected chi connectivity index (χ2v) is 6.43. The lowest BCUT2D eigenvalue weighted by Crippen LogP contribution is -2.09. The van der Waals surface area contributed by atoms with Gasteiger partial charge in [0.15, 0.2) is 12.1 Å². The highest BCUT2D eigenvalue weighted by atomic mass is 16.5. The molecule has 146 valence electrons. The van der Waals surface area contributed by atoms with Crippen LogP contribution < -0.4 is 9.47 Å². The smallest absolute Gasteiger partial charge is 0.202 e. The molecule has 3 aromatic carbocycles. The molecule has 0 aliphatic rings. The molecule has 0 amide bonds. The van der Waals surface area contributed by atoms with Gasteiger partial charge in [-0.15, -0.1) is 0 Å². The Kier molecular flexibility index (Phi) is 6.90. The van der Waals surface area contributed by atoms with Gasteiger partial charge in [-0.25, -0.2) is 0 Å². The van der Waals surface area contributed by atoms with Gasteiger partial charge in [-0.1, -0.05) is 60.7 Å². The molecule has 0 bridgehead atoms. The molecular formula is C24H20O5. The van der Waals surface area contributed by atoms with Crippen molar-refractivity contribution in [1.29, 1.82) is 0 Å². The van der Waals surface area contributed by atoms with E-state index in [4.69, 9.17) is 9.47 Å². The van der Waals surface area contributed by atoms with E-state index in [9.17, 15) is 14.4 Å². The predicted molar refractivity (Wildman–Crippen MR) is 108 cm³/mol. The molecule has 0 unspecified atom stereocenters. The topological polar surface area (TPSA) is 69.7 Å². The maximum atomic E-state index is 12.4. The lowest BCUT2D eigenvalue weighted by molar-refractivity contribution is -0.129. The molecule has 0 fully saturated rings. The average molecular weight is 388 g/mol. The zero-order valence-electron chi connectivity index (χ0n) is 15.7. The fourth-order valence-corrected chi connectivity index (χ4v) is 2.68. The molecule has 0 saturated carbocycles. The van der Waals surface area contributed by atoms with Crippen LogP contribution in [0.15, 0.2) is 78.9 Å². The maximum absolute atomic E-state index is 12.4. The average Bonchev–Trinajstić information content (AvgIpc) is 2.77. The van der Waals surface area contributed by atoms with Crippen LogP contribution in [0.1, 0.15) is 27.9 Å². The fraction of sp³-hybridized carbons (Fsp3) is 0.125. The van der Waals surface area contributed by atoms with Crippen LogP contribution in [0, 0.1) is 0 Å². The Hall–Kier alpha value is -3.73. The Morgan fingerprint density at radius 3 is 1.66 bits per heavy atom. The number of Topliss-reactive ketones (excluding diaryl/α,β-unsaturated/α-hetero) is 2. The van der Waals surface area contributed by atoms with E-state index in [1.54, 1.807) is 18.2 Å². The third-order valence-corrected chi connectivity index (χ3v) is 4.16. The van der Waals surface area contributed by atoms with Gasteiger partial charge >= 0.3 is 0 Å². The molecule has 0 aromatic heterocycles. The van der Waals surface area contributed by atoms with Crippen molar-refractivity contribution in [2.45, 2.75) is 19.6 Å². The van der Waals surface area contributed by atoms with Crippen molar-refractivity contribution in [3.05, 3.63) is 95.6 Å². The SMILES string of the molecule is O=CC(=O)CC(=O)c1cc(OCc2ccccc2)cc(OCc2ccccc2)c1. The summed E-state index contributed by atoms with van der Waals surface area (Å²) in [6.45, 7) is 0.647. The van der Waals surface area contributed by atoms with Gasteiger partial charge in [0.25, 0.3) is 0 Å². The van der Waals surface area contributed by atoms with E-state index in [1.807, 2.05) is 60.7 Å². The standard InChI is InChI=1S/C24H20O5/c25-15-21(26)13-24(27)20-11-22(28-16-18-7-3-1-4-8-18)14-23(12-20)29-17-19-9-5-2-6-10-19/h1-12,14-15H,13,16-17H2. The molecule has 5 heteroatoms. The minimum atomic E-state index is -0.766. The van der Waals surface area contributed by atoms with E-state index >= 15 is 0 Å². The zero-order valence-corrected chi connectivity index (χ0v) is 15.7. The third kappa shape index (κ3) is 6.14. The van der Waals surface area contributed by atoms with Gasteiger partial charge in [0.2, 0.25) is 5.78 Å². The minimum absolute atomic E-state index is 0.153. The van der Waals surface area contributed by atoms with E-state index in [-0.39, 0.29) is 11.8 Å². The highest BCUT2D eigenvalue weighted by Crippen LogP contribution is 2.25. The fourth-order valence-electron chi connectivity index (χ4n) is 2.68. The number of ketones is 2. The number of rotatable bonds is 10. The van der Waals surface area contributed by atoms with E-state index in [2.05, 4.69) is 0 Å². The Bertz CT molecular complexity index is 919. The number of aldehydes is 1. The Morgan fingerprint density at radius 1 is 0.724 bits per heavy atom. The first kappa shape index (κ1) is 20.0. The van der Waals surface area contributed by atoms with Crippen molar-refractivity contribution in [2.75, 3.05) is 0 Å². The van der Waals surface area contributed by atoms with Crippen LogP contribution in [0.25, 0.3) is 0 Å². The first-order valence-corrected chi connectivity index (χ1v) is 9.14. The van der Waals surface area contributed by atoms with Crippen molar-refractivity contribution >= 4 is 17.9 Å². The van der Waals surface area contributed by atoms with Crippen molar-refractivity contribution in [1.82, 2.24) is 0 Å². The second kappa shape index (κ2) is 9.99. The van der Waals surface area contributed by atoms with Gasteiger partial charge in [-0.3, -0.25) is 14.4 Å². The molecule has 0 N–H and O–H groups in total. The molecule has 0 radical (unpaired) electrons. The van der Waals surface area contributed by atoms with Crippen molar-refractivity contribution in [3.8, 4) is 11.5 Å². The Morgan fingerprint density at radius 2 is 1.21 bits per heavy atom. The summed E-state index contributed by atoms with van der Waals surface area (Å²) in [5.74, 6) is -0.336. The molecule has 0 aliphatic heterocycles. The van der Waals surface area contributed by atoms with Crippen LogP contribution >= 0.6 is 0 Å². The van der Waals surface area contributed by atoms with Gasteiger partial charge < -0.3 is 9.47 Å². The summed E-state index contributed by atoms with van der Waals surface area (Å²) in [6.07, 6.45) is -0.329. The molecular weight excluding hydrogens is 368 g/mol. The lowest BCUT2D eigenvalue weighted by Gasteiger charge is -2.12. The Balaban J connectivity index is 1.79. The number of hydrogen-bond donors (Lipinski definition) is 0. The number of carbonyl (C=O) groups is 3. The quantitative estimate of drug-likeness (QED) is 0.225. The summed E-state index contributed by atoms with van der Waals surface area (Å²) in [7, 11) is 0. The second-order valence-electron chi connectivity index (χ2n) is 6.43. The summed E-state index contributed by atoms with van der Waals surface area (Å²) in [5.41, 5.74) is 2.22. The highest BCUT2D eigenvalue weighted by molar-refractivity contribution is 6.31. The van der Waals surface area contributed by atoms with Gasteiger partial charge in [0.05, 0.1) is 6.42 Å². The molecule has 3 rings (SSSR count). The van der Waals surface area contributed by atoms with Crippen LogP contribution in [0.5, 0.6) is 11.5 Å². The lowest BCUT2D eigenvalue weighted by atomic mass is 10.1. The van der Waals surface area contributed by atoms with Crippen LogP contribution in [0.2, 0.25) is 0 Å². The Labute approximate surface area is 168 Å². The van der Waals surface area contributed by atoms with Crippen molar-refractivity contribution in [3.63, 3.8) is 0 Å². The summed E-state index contributed by atoms with van der Waals surface area (Å²) >= 11 is 0. The molecule has 0 atom stereocenters. The number of carbonyl (C=O) groups excluding carboxylic acids is 3. The molecule has 29 heavy (non-hydrogen) atoms. The maximum Gasteiger partial charge on any atom is 0.202 e. The summed E-state index contributed by atoms with van der Waals surface area (Å²) < 4.78 is 11.6. The summed E-state index contributed by atoms with van der Waals surface area (Å²) in [5, 5.41) is 0. The predicted octanol–water partition coefficient (Wildman–Crippen LogP) is 4.19. The van der Waals surface area contributed by atoms with Gasteiger partial charge in [0.1, 0.15) is 24.7 Å². The zero-order chi connectivity index (χ0) is 20.5. The highest BCUT2D eigenvalue weighted by Gasteiger charge is 2.14.